The second kappa shape index (κ2) is 5.42. The third-order valence-electron chi connectivity index (χ3n) is 2.67. The highest BCUT2D eigenvalue weighted by Gasteiger charge is 2.22. The maximum Gasteiger partial charge on any atom is 0.205 e. The van der Waals surface area contributed by atoms with Crippen molar-refractivity contribution in [1.29, 1.82) is 0 Å². The van der Waals surface area contributed by atoms with E-state index >= 15 is 0 Å². The lowest BCUT2D eigenvalue weighted by atomic mass is 10.0. The summed E-state index contributed by atoms with van der Waals surface area (Å²) in [5.74, 6) is 0. The molecule has 0 bridgehead atoms. The number of hydrogen-bond donors (Lipinski definition) is 1. The molecule has 1 aromatic heterocycles. The SMILES string of the molecule is CCCC1CC(Nc2nncs2)CCO1. The molecular formula is C10H17N3OS. The van der Waals surface area contributed by atoms with Gasteiger partial charge in [0.1, 0.15) is 5.51 Å². The number of aromatic nitrogens is 2. The molecule has 4 nitrogen and oxygen atoms in total. The van der Waals surface area contributed by atoms with Crippen molar-refractivity contribution in [3.05, 3.63) is 5.51 Å². The molecule has 0 saturated carbocycles. The zero-order valence-electron chi connectivity index (χ0n) is 8.98. The summed E-state index contributed by atoms with van der Waals surface area (Å²) in [6.07, 6.45) is 4.94. The van der Waals surface area contributed by atoms with E-state index in [2.05, 4.69) is 22.4 Å². The number of anilines is 1. The molecule has 0 aliphatic carbocycles. The molecule has 0 spiro atoms. The van der Waals surface area contributed by atoms with Crippen LogP contribution in [0.5, 0.6) is 0 Å². The number of ether oxygens (including phenoxy) is 1. The van der Waals surface area contributed by atoms with E-state index in [1.165, 1.54) is 6.42 Å². The van der Waals surface area contributed by atoms with Crippen molar-refractivity contribution in [3.8, 4) is 0 Å². The fourth-order valence-corrected chi connectivity index (χ4v) is 2.47. The van der Waals surface area contributed by atoms with Crippen molar-refractivity contribution in [2.45, 2.75) is 44.8 Å². The third kappa shape index (κ3) is 3.14. The van der Waals surface area contributed by atoms with E-state index in [0.29, 0.717) is 12.1 Å². The normalized spacial score (nSPS) is 26.5. The van der Waals surface area contributed by atoms with Gasteiger partial charge in [-0.2, -0.15) is 0 Å². The summed E-state index contributed by atoms with van der Waals surface area (Å²) in [6, 6.07) is 0.503. The number of hydrogen-bond acceptors (Lipinski definition) is 5. The van der Waals surface area contributed by atoms with E-state index in [1.807, 2.05) is 0 Å². The van der Waals surface area contributed by atoms with Crippen LogP contribution in [-0.4, -0.2) is 29.0 Å². The van der Waals surface area contributed by atoms with Gasteiger partial charge in [0.25, 0.3) is 0 Å². The fraction of sp³-hybridized carbons (Fsp3) is 0.800. The third-order valence-corrected chi connectivity index (χ3v) is 3.29. The molecule has 2 unspecified atom stereocenters. The Bertz CT molecular complexity index is 276. The minimum Gasteiger partial charge on any atom is -0.378 e. The van der Waals surface area contributed by atoms with Gasteiger partial charge in [0, 0.05) is 12.6 Å². The maximum absolute atomic E-state index is 5.70. The van der Waals surface area contributed by atoms with E-state index in [-0.39, 0.29) is 0 Å². The first-order valence-electron chi connectivity index (χ1n) is 5.52. The van der Waals surface area contributed by atoms with E-state index in [4.69, 9.17) is 4.74 Å². The molecule has 5 heteroatoms. The van der Waals surface area contributed by atoms with Crippen molar-refractivity contribution in [2.24, 2.45) is 0 Å². The van der Waals surface area contributed by atoms with Crippen LogP contribution < -0.4 is 5.32 Å². The average Bonchev–Trinajstić information content (AvgIpc) is 2.71. The average molecular weight is 227 g/mol. The van der Waals surface area contributed by atoms with Gasteiger partial charge in [-0.1, -0.05) is 24.7 Å². The van der Waals surface area contributed by atoms with Gasteiger partial charge in [0.05, 0.1) is 6.10 Å². The number of nitrogens with one attached hydrogen (secondary N) is 1. The predicted molar refractivity (Wildman–Crippen MR) is 61.2 cm³/mol. The predicted octanol–water partition coefficient (Wildman–Crippen LogP) is 2.30. The molecule has 84 valence electrons. The van der Waals surface area contributed by atoms with Crippen LogP contribution in [0.1, 0.15) is 32.6 Å². The molecule has 0 radical (unpaired) electrons. The quantitative estimate of drug-likeness (QED) is 0.857. The van der Waals surface area contributed by atoms with Crippen molar-refractivity contribution >= 4 is 16.5 Å². The monoisotopic (exact) mass is 227 g/mol. The topological polar surface area (TPSA) is 47.0 Å². The Balaban J connectivity index is 1.82. The summed E-state index contributed by atoms with van der Waals surface area (Å²) >= 11 is 1.56. The Morgan fingerprint density at radius 3 is 3.33 bits per heavy atom. The Hall–Kier alpha value is -0.680. The minimum absolute atomic E-state index is 0.425. The number of nitrogens with zero attached hydrogens (tertiary/aromatic N) is 2. The van der Waals surface area contributed by atoms with Crippen LogP contribution >= 0.6 is 11.3 Å². The molecular weight excluding hydrogens is 210 g/mol. The van der Waals surface area contributed by atoms with E-state index in [0.717, 1.165) is 31.0 Å². The summed E-state index contributed by atoms with van der Waals surface area (Å²) in [7, 11) is 0. The highest BCUT2D eigenvalue weighted by molar-refractivity contribution is 7.13. The second-order valence-electron chi connectivity index (χ2n) is 3.89. The van der Waals surface area contributed by atoms with Gasteiger partial charge in [-0.15, -0.1) is 10.2 Å². The fourth-order valence-electron chi connectivity index (χ4n) is 1.95. The van der Waals surface area contributed by atoms with Crippen LogP contribution in [0.4, 0.5) is 5.13 Å². The first kappa shape index (κ1) is 10.8. The molecule has 1 fully saturated rings. The molecule has 15 heavy (non-hydrogen) atoms. The van der Waals surface area contributed by atoms with Crippen LogP contribution in [-0.2, 0) is 4.74 Å². The maximum atomic E-state index is 5.70. The molecule has 1 aliphatic rings. The van der Waals surface area contributed by atoms with Crippen molar-refractivity contribution in [3.63, 3.8) is 0 Å². The van der Waals surface area contributed by atoms with Crippen molar-refractivity contribution in [1.82, 2.24) is 10.2 Å². The van der Waals surface area contributed by atoms with Gasteiger partial charge >= 0.3 is 0 Å². The van der Waals surface area contributed by atoms with Crippen LogP contribution in [0, 0.1) is 0 Å². The highest BCUT2D eigenvalue weighted by atomic mass is 32.1. The lowest BCUT2D eigenvalue weighted by Crippen LogP contribution is -2.33. The van der Waals surface area contributed by atoms with Gasteiger partial charge in [-0.25, -0.2) is 0 Å². The largest absolute Gasteiger partial charge is 0.378 e. The Labute approximate surface area is 94.1 Å². The lowest BCUT2D eigenvalue weighted by molar-refractivity contribution is 0.00597. The smallest absolute Gasteiger partial charge is 0.205 e. The first-order valence-corrected chi connectivity index (χ1v) is 6.40. The lowest BCUT2D eigenvalue weighted by Gasteiger charge is -2.29. The molecule has 0 aromatic carbocycles. The number of rotatable bonds is 4. The van der Waals surface area contributed by atoms with Gasteiger partial charge in [0.2, 0.25) is 5.13 Å². The molecule has 1 saturated heterocycles. The molecule has 2 atom stereocenters. The molecule has 1 aliphatic heterocycles. The van der Waals surface area contributed by atoms with E-state index in [1.54, 1.807) is 16.8 Å². The van der Waals surface area contributed by atoms with Crippen LogP contribution in [0.25, 0.3) is 0 Å². The van der Waals surface area contributed by atoms with Crippen LogP contribution in [0.15, 0.2) is 5.51 Å². The Kier molecular flexibility index (Phi) is 3.91. The van der Waals surface area contributed by atoms with Crippen LogP contribution in [0.3, 0.4) is 0 Å². The molecule has 0 amide bonds. The summed E-state index contributed by atoms with van der Waals surface area (Å²) in [6.45, 7) is 3.06. The summed E-state index contributed by atoms with van der Waals surface area (Å²) in [5, 5.41) is 12.2. The Morgan fingerprint density at radius 1 is 1.67 bits per heavy atom. The van der Waals surface area contributed by atoms with Gasteiger partial charge < -0.3 is 10.1 Å². The van der Waals surface area contributed by atoms with E-state index < -0.39 is 0 Å². The zero-order valence-corrected chi connectivity index (χ0v) is 9.80. The van der Waals surface area contributed by atoms with E-state index in [9.17, 15) is 0 Å². The van der Waals surface area contributed by atoms with Gasteiger partial charge in [0.15, 0.2) is 0 Å². The molecule has 1 N–H and O–H groups in total. The molecule has 1 aromatic rings. The van der Waals surface area contributed by atoms with Crippen molar-refractivity contribution in [2.75, 3.05) is 11.9 Å². The molecule has 2 rings (SSSR count). The zero-order chi connectivity index (χ0) is 10.5. The molecule has 2 heterocycles. The summed E-state index contributed by atoms with van der Waals surface area (Å²) in [5.41, 5.74) is 1.76. The minimum atomic E-state index is 0.425. The Morgan fingerprint density at radius 2 is 2.60 bits per heavy atom. The summed E-state index contributed by atoms with van der Waals surface area (Å²) in [4.78, 5) is 0. The standard InChI is InChI=1S/C10H17N3OS/c1-2-3-9-6-8(4-5-14-9)12-10-13-11-7-15-10/h7-9H,2-6H2,1H3,(H,12,13). The second-order valence-corrected chi connectivity index (χ2v) is 4.72. The first-order chi connectivity index (χ1) is 7.38. The van der Waals surface area contributed by atoms with Gasteiger partial charge in [-0.3, -0.25) is 0 Å². The van der Waals surface area contributed by atoms with Crippen molar-refractivity contribution < 1.29 is 4.74 Å². The summed E-state index contributed by atoms with van der Waals surface area (Å²) < 4.78 is 5.70. The van der Waals surface area contributed by atoms with Crippen LogP contribution in [0.2, 0.25) is 0 Å². The highest BCUT2D eigenvalue weighted by Crippen LogP contribution is 2.21. The van der Waals surface area contributed by atoms with Gasteiger partial charge in [-0.05, 0) is 19.3 Å².